The Morgan fingerprint density at radius 1 is 1.47 bits per heavy atom. The Bertz CT molecular complexity index is 308. The van der Waals surface area contributed by atoms with E-state index in [9.17, 15) is 0 Å². The number of hydrogen-bond acceptors (Lipinski definition) is 2. The van der Waals surface area contributed by atoms with Crippen molar-refractivity contribution in [3.63, 3.8) is 0 Å². The molecule has 0 radical (unpaired) electrons. The molecule has 1 aromatic carbocycles. The highest BCUT2D eigenvalue weighted by Crippen LogP contribution is 2.25. The normalized spacial score (nSPS) is 12.5. The van der Waals surface area contributed by atoms with Gasteiger partial charge in [0.05, 0.1) is 7.11 Å². The minimum absolute atomic E-state index is 0.201. The molecule has 2 nitrogen and oxygen atoms in total. The van der Waals surface area contributed by atoms with Crippen LogP contribution in [0.5, 0.6) is 5.75 Å². The molecule has 1 unspecified atom stereocenters. The van der Waals surface area contributed by atoms with Crippen molar-refractivity contribution in [2.75, 3.05) is 13.7 Å². The highest BCUT2D eigenvalue weighted by atomic mass is 35.5. The van der Waals surface area contributed by atoms with Crippen molar-refractivity contribution in [1.82, 2.24) is 0 Å². The fraction of sp³-hybridized carbons (Fsp3) is 0.500. The summed E-state index contributed by atoms with van der Waals surface area (Å²) in [5.74, 6) is 1.11. The maximum Gasteiger partial charge on any atom is 0.122 e. The molecule has 3 heteroatoms. The number of methoxy groups -OCH3 is 1. The topological polar surface area (TPSA) is 29.5 Å². The lowest BCUT2D eigenvalue weighted by atomic mass is 9.97. The van der Waals surface area contributed by atoms with Crippen LogP contribution >= 0.6 is 11.6 Å². The molecule has 0 fully saturated rings. The molecule has 0 amide bonds. The Labute approximate surface area is 95.8 Å². The number of ether oxygens (including phenoxy) is 1. The third kappa shape index (κ3) is 3.40. The largest absolute Gasteiger partial charge is 0.496 e. The van der Waals surface area contributed by atoms with E-state index >= 15 is 0 Å². The third-order valence-corrected chi connectivity index (χ3v) is 2.82. The minimum Gasteiger partial charge on any atom is -0.496 e. The van der Waals surface area contributed by atoms with Gasteiger partial charge in [-0.25, -0.2) is 0 Å². The predicted molar refractivity (Wildman–Crippen MR) is 62.6 cm³/mol. The van der Waals surface area contributed by atoms with E-state index in [0.29, 0.717) is 5.02 Å². The molecule has 0 aliphatic rings. The molecule has 0 bridgehead atoms. The first-order valence-corrected chi connectivity index (χ1v) is 5.52. The molecule has 0 aliphatic heterocycles. The van der Waals surface area contributed by atoms with Crippen LogP contribution in [0.2, 0.25) is 5.02 Å². The van der Waals surface area contributed by atoms with E-state index in [4.69, 9.17) is 21.4 Å². The van der Waals surface area contributed by atoms with Gasteiger partial charge in [0.2, 0.25) is 0 Å². The van der Waals surface area contributed by atoms with Gasteiger partial charge in [0.25, 0.3) is 0 Å². The van der Waals surface area contributed by atoms with Gasteiger partial charge >= 0.3 is 0 Å². The second-order valence-corrected chi connectivity index (χ2v) is 4.05. The van der Waals surface area contributed by atoms with Crippen molar-refractivity contribution < 1.29 is 9.84 Å². The number of hydrogen-bond donors (Lipinski definition) is 1. The first-order valence-electron chi connectivity index (χ1n) is 5.14. The summed E-state index contributed by atoms with van der Waals surface area (Å²) in [5.41, 5.74) is 1.06. The molecular weight excluding hydrogens is 212 g/mol. The van der Waals surface area contributed by atoms with Gasteiger partial charge in [-0.15, -0.1) is 0 Å². The van der Waals surface area contributed by atoms with Gasteiger partial charge in [-0.1, -0.05) is 24.9 Å². The van der Waals surface area contributed by atoms with Crippen molar-refractivity contribution in [2.24, 2.45) is 5.92 Å². The van der Waals surface area contributed by atoms with Crippen molar-refractivity contribution in [1.29, 1.82) is 0 Å². The van der Waals surface area contributed by atoms with Crippen LogP contribution in [-0.4, -0.2) is 18.8 Å². The number of aliphatic hydroxyl groups excluding tert-OH is 1. The van der Waals surface area contributed by atoms with Crippen molar-refractivity contribution in [3.05, 3.63) is 28.8 Å². The van der Waals surface area contributed by atoms with Gasteiger partial charge in [-0.2, -0.15) is 0 Å². The van der Waals surface area contributed by atoms with Gasteiger partial charge in [-0.3, -0.25) is 0 Å². The minimum atomic E-state index is 0.201. The third-order valence-electron chi connectivity index (χ3n) is 2.59. The summed E-state index contributed by atoms with van der Waals surface area (Å²) >= 11 is 5.93. The Kier molecular flexibility index (Phi) is 4.92. The number of rotatable bonds is 5. The van der Waals surface area contributed by atoms with E-state index < -0.39 is 0 Å². The monoisotopic (exact) mass is 228 g/mol. The summed E-state index contributed by atoms with van der Waals surface area (Å²) in [7, 11) is 1.65. The van der Waals surface area contributed by atoms with Crippen LogP contribution < -0.4 is 4.74 Å². The van der Waals surface area contributed by atoms with Crippen LogP contribution in [0.25, 0.3) is 0 Å². The lowest BCUT2D eigenvalue weighted by Gasteiger charge is -2.14. The zero-order valence-corrected chi connectivity index (χ0v) is 9.92. The molecule has 0 heterocycles. The zero-order valence-electron chi connectivity index (χ0n) is 9.16. The van der Waals surface area contributed by atoms with Crippen LogP contribution in [0.1, 0.15) is 18.9 Å². The van der Waals surface area contributed by atoms with Crippen LogP contribution in [-0.2, 0) is 6.42 Å². The van der Waals surface area contributed by atoms with E-state index in [0.717, 1.165) is 24.2 Å². The maximum atomic E-state index is 9.15. The molecule has 0 aromatic heterocycles. The second-order valence-electron chi connectivity index (χ2n) is 3.62. The molecule has 15 heavy (non-hydrogen) atoms. The molecule has 0 spiro atoms. The zero-order chi connectivity index (χ0) is 11.3. The van der Waals surface area contributed by atoms with E-state index in [1.165, 1.54) is 0 Å². The summed E-state index contributed by atoms with van der Waals surface area (Å²) in [5, 5.41) is 9.85. The quantitative estimate of drug-likeness (QED) is 0.840. The van der Waals surface area contributed by atoms with Crippen LogP contribution in [0.3, 0.4) is 0 Å². The Morgan fingerprint density at radius 2 is 2.20 bits per heavy atom. The first kappa shape index (κ1) is 12.3. The van der Waals surface area contributed by atoms with Gasteiger partial charge < -0.3 is 9.84 Å². The summed E-state index contributed by atoms with van der Waals surface area (Å²) in [6.45, 7) is 2.27. The van der Waals surface area contributed by atoms with E-state index in [1.807, 2.05) is 18.2 Å². The predicted octanol–water partition coefficient (Wildman–Crippen LogP) is 2.91. The number of aliphatic hydroxyl groups is 1. The van der Waals surface area contributed by atoms with Crippen molar-refractivity contribution >= 4 is 11.6 Å². The fourth-order valence-corrected chi connectivity index (χ4v) is 1.75. The molecule has 1 rings (SSSR count). The fourth-order valence-electron chi connectivity index (χ4n) is 1.56. The second kappa shape index (κ2) is 5.99. The average molecular weight is 229 g/mol. The van der Waals surface area contributed by atoms with E-state index in [1.54, 1.807) is 7.11 Å². The smallest absolute Gasteiger partial charge is 0.122 e. The standard InChI is InChI=1S/C12H17ClO2/c1-3-9(8-14)6-10-7-11(13)4-5-12(10)15-2/h4-5,7,9,14H,3,6,8H2,1-2H3. The molecule has 1 aromatic rings. The van der Waals surface area contributed by atoms with Gasteiger partial charge in [0, 0.05) is 11.6 Å². The molecule has 0 aliphatic carbocycles. The van der Waals surface area contributed by atoms with Crippen LogP contribution in [0.15, 0.2) is 18.2 Å². The average Bonchev–Trinajstić information content (AvgIpc) is 2.26. The molecule has 0 saturated carbocycles. The summed E-state index contributed by atoms with van der Waals surface area (Å²) < 4.78 is 5.25. The molecule has 1 N–H and O–H groups in total. The Morgan fingerprint density at radius 3 is 2.73 bits per heavy atom. The highest BCUT2D eigenvalue weighted by molar-refractivity contribution is 6.30. The highest BCUT2D eigenvalue weighted by Gasteiger charge is 2.10. The van der Waals surface area contributed by atoms with Gasteiger partial charge in [0.15, 0.2) is 0 Å². The van der Waals surface area contributed by atoms with Crippen molar-refractivity contribution in [2.45, 2.75) is 19.8 Å². The molecule has 1 atom stereocenters. The van der Waals surface area contributed by atoms with E-state index in [-0.39, 0.29) is 12.5 Å². The van der Waals surface area contributed by atoms with Crippen LogP contribution in [0.4, 0.5) is 0 Å². The molecule has 84 valence electrons. The van der Waals surface area contributed by atoms with E-state index in [2.05, 4.69) is 6.92 Å². The Balaban J connectivity index is 2.86. The number of halogens is 1. The van der Waals surface area contributed by atoms with Gasteiger partial charge in [0.1, 0.15) is 5.75 Å². The maximum absolute atomic E-state index is 9.15. The lowest BCUT2D eigenvalue weighted by molar-refractivity contribution is 0.221. The first-order chi connectivity index (χ1) is 7.21. The summed E-state index contributed by atoms with van der Waals surface area (Å²) in [4.78, 5) is 0. The van der Waals surface area contributed by atoms with Gasteiger partial charge in [-0.05, 0) is 36.1 Å². The lowest BCUT2D eigenvalue weighted by Crippen LogP contribution is -2.09. The summed E-state index contributed by atoms with van der Waals surface area (Å²) in [6, 6.07) is 5.57. The van der Waals surface area contributed by atoms with Crippen LogP contribution in [0, 0.1) is 5.92 Å². The number of benzene rings is 1. The molecular formula is C12H17ClO2. The Hall–Kier alpha value is -0.730. The molecule has 0 saturated heterocycles. The SMILES string of the molecule is CCC(CO)Cc1cc(Cl)ccc1OC. The summed E-state index contributed by atoms with van der Waals surface area (Å²) in [6.07, 6.45) is 1.75. The van der Waals surface area contributed by atoms with Crippen molar-refractivity contribution in [3.8, 4) is 5.75 Å².